The minimum Gasteiger partial charge on any atom is -0.384 e. The third-order valence-corrected chi connectivity index (χ3v) is 4.74. The summed E-state index contributed by atoms with van der Waals surface area (Å²) in [5, 5.41) is 15.4. The summed E-state index contributed by atoms with van der Waals surface area (Å²) in [7, 11) is 4.10. The summed E-state index contributed by atoms with van der Waals surface area (Å²) in [6.45, 7) is 3.94. The lowest BCUT2D eigenvalue weighted by atomic mass is 9.95. The van der Waals surface area contributed by atoms with Gasteiger partial charge in [0.1, 0.15) is 5.60 Å². The molecule has 1 N–H and O–H groups in total. The SMILES string of the molecule is CCC1CCC(O)(c2c(Br)cnn2CCN(C)C)C1. The van der Waals surface area contributed by atoms with Crippen LogP contribution in [0.2, 0.25) is 0 Å². The van der Waals surface area contributed by atoms with E-state index < -0.39 is 5.60 Å². The quantitative estimate of drug-likeness (QED) is 0.902. The summed E-state index contributed by atoms with van der Waals surface area (Å²) < 4.78 is 2.90. The molecule has 1 saturated carbocycles. The van der Waals surface area contributed by atoms with Crippen molar-refractivity contribution in [1.82, 2.24) is 14.7 Å². The second-order valence-electron chi connectivity index (χ2n) is 5.92. The second-order valence-corrected chi connectivity index (χ2v) is 6.77. The van der Waals surface area contributed by atoms with Gasteiger partial charge in [-0.1, -0.05) is 13.3 Å². The maximum Gasteiger partial charge on any atom is 0.108 e. The van der Waals surface area contributed by atoms with Gasteiger partial charge in [0.15, 0.2) is 0 Å². The van der Waals surface area contributed by atoms with Gasteiger partial charge in [-0.3, -0.25) is 4.68 Å². The van der Waals surface area contributed by atoms with E-state index in [1.165, 1.54) is 0 Å². The lowest BCUT2D eigenvalue weighted by molar-refractivity contribution is 0.0293. The number of hydrogen-bond donors (Lipinski definition) is 1. The zero-order valence-electron chi connectivity index (χ0n) is 12.1. The molecule has 2 atom stereocenters. The molecular weight excluding hydrogens is 306 g/mol. The van der Waals surface area contributed by atoms with E-state index in [9.17, 15) is 5.11 Å². The zero-order valence-corrected chi connectivity index (χ0v) is 13.7. The molecule has 1 aliphatic carbocycles. The fourth-order valence-electron chi connectivity index (χ4n) is 2.98. The average molecular weight is 330 g/mol. The van der Waals surface area contributed by atoms with Crippen LogP contribution in [0.4, 0.5) is 0 Å². The molecule has 0 aromatic carbocycles. The van der Waals surface area contributed by atoms with E-state index in [-0.39, 0.29) is 0 Å². The third-order valence-electron chi connectivity index (χ3n) is 4.16. The zero-order chi connectivity index (χ0) is 14.0. The minimum absolute atomic E-state index is 0.633. The van der Waals surface area contributed by atoms with Gasteiger partial charge in [-0.2, -0.15) is 5.10 Å². The van der Waals surface area contributed by atoms with E-state index in [4.69, 9.17) is 0 Å². The maximum absolute atomic E-state index is 11.0. The number of likely N-dealkylation sites (N-methyl/N-ethyl adjacent to an activating group) is 1. The van der Waals surface area contributed by atoms with Crippen molar-refractivity contribution in [3.05, 3.63) is 16.4 Å². The number of aromatic nitrogens is 2. The average Bonchev–Trinajstić information content (AvgIpc) is 2.91. The molecule has 1 fully saturated rings. The van der Waals surface area contributed by atoms with E-state index in [1.54, 1.807) is 0 Å². The summed E-state index contributed by atoms with van der Waals surface area (Å²) >= 11 is 3.55. The van der Waals surface area contributed by atoms with E-state index in [0.717, 1.165) is 48.9 Å². The maximum atomic E-state index is 11.0. The Hall–Kier alpha value is -0.390. The van der Waals surface area contributed by atoms with Crippen molar-refractivity contribution in [2.24, 2.45) is 5.92 Å². The van der Waals surface area contributed by atoms with Crippen LogP contribution in [0.5, 0.6) is 0 Å². The van der Waals surface area contributed by atoms with Crippen LogP contribution in [0.15, 0.2) is 10.7 Å². The van der Waals surface area contributed by atoms with Gasteiger partial charge in [-0.05, 0) is 55.2 Å². The lowest BCUT2D eigenvalue weighted by Gasteiger charge is -2.25. The standard InChI is InChI=1S/C14H24BrN3O/c1-4-11-5-6-14(19,9-11)13-12(15)10-16-18(13)8-7-17(2)3/h10-11,19H,4-9H2,1-3H3. The Kier molecular flexibility index (Phi) is 4.69. The molecule has 2 rings (SSSR count). The first kappa shape index (κ1) is 15.0. The highest BCUT2D eigenvalue weighted by Crippen LogP contribution is 2.45. The number of aliphatic hydroxyl groups is 1. The van der Waals surface area contributed by atoms with Crippen molar-refractivity contribution in [1.29, 1.82) is 0 Å². The van der Waals surface area contributed by atoms with Crippen LogP contribution in [0.25, 0.3) is 0 Å². The van der Waals surface area contributed by atoms with Crippen molar-refractivity contribution in [2.45, 2.75) is 44.8 Å². The number of hydrogen-bond acceptors (Lipinski definition) is 3. The Morgan fingerprint density at radius 3 is 2.89 bits per heavy atom. The predicted molar refractivity (Wildman–Crippen MR) is 80.0 cm³/mol. The molecule has 1 heterocycles. The smallest absolute Gasteiger partial charge is 0.108 e. The number of rotatable bonds is 5. The lowest BCUT2D eigenvalue weighted by Crippen LogP contribution is -2.29. The van der Waals surface area contributed by atoms with Gasteiger partial charge in [0.05, 0.1) is 22.9 Å². The van der Waals surface area contributed by atoms with Crippen LogP contribution in [-0.2, 0) is 12.1 Å². The molecular formula is C14H24BrN3O. The van der Waals surface area contributed by atoms with Gasteiger partial charge >= 0.3 is 0 Å². The molecule has 1 aromatic rings. The Morgan fingerprint density at radius 1 is 1.58 bits per heavy atom. The highest BCUT2D eigenvalue weighted by atomic mass is 79.9. The summed E-state index contributed by atoms with van der Waals surface area (Å²) in [6, 6.07) is 0. The van der Waals surface area contributed by atoms with Crippen LogP contribution in [0.3, 0.4) is 0 Å². The van der Waals surface area contributed by atoms with Crippen molar-refractivity contribution in [3.63, 3.8) is 0 Å². The summed E-state index contributed by atoms with van der Waals surface area (Å²) in [5.41, 5.74) is 0.257. The topological polar surface area (TPSA) is 41.3 Å². The Balaban J connectivity index is 2.21. The van der Waals surface area contributed by atoms with Crippen LogP contribution < -0.4 is 0 Å². The van der Waals surface area contributed by atoms with Crippen molar-refractivity contribution >= 4 is 15.9 Å². The van der Waals surface area contributed by atoms with Crippen LogP contribution in [-0.4, -0.2) is 40.4 Å². The molecule has 4 nitrogen and oxygen atoms in total. The number of halogens is 1. The van der Waals surface area contributed by atoms with Crippen LogP contribution >= 0.6 is 15.9 Å². The van der Waals surface area contributed by atoms with E-state index >= 15 is 0 Å². The van der Waals surface area contributed by atoms with Gasteiger partial charge in [0.2, 0.25) is 0 Å². The van der Waals surface area contributed by atoms with Crippen molar-refractivity contribution < 1.29 is 5.11 Å². The molecule has 0 saturated heterocycles. The van der Waals surface area contributed by atoms with Gasteiger partial charge in [-0.25, -0.2) is 0 Å². The highest BCUT2D eigenvalue weighted by molar-refractivity contribution is 9.10. The number of nitrogens with zero attached hydrogens (tertiary/aromatic N) is 3. The molecule has 108 valence electrons. The van der Waals surface area contributed by atoms with E-state index in [1.807, 2.05) is 10.9 Å². The first-order chi connectivity index (χ1) is 8.96. The second kappa shape index (κ2) is 5.94. The normalized spacial score (nSPS) is 27.4. The highest BCUT2D eigenvalue weighted by Gasteiger charge is 2.41. The molecule has 0 spiro atoms. The first-order valence-electron chi connectivity index (χ1n) is 7.05. The van der Waals surface area contributed by atoms with Gasteiger partial charge in [0, 0.05) is 6.54 Å². The summed E-state index contributed by atoms with van der Waals surface area (Å²) in [4.78, 5) is 2.13. The molecule has 1 aliphatic rings. The fourth-order valence-corrected chi connectivity index (χ4v) is 3.64. The molecule has 0 aliphatic heterocycles. The minimum atomic E-state index is -0.706. The summed E-state index contributed by atoms with van der Waals surface area (Å²) in [6.07, 6.45) is 5.76. The Bertz CT molecular complexity index is 432. The van der Waals surface area contributed by atoms with Gasteiger partial charge in [-0.15, -0.1) is 0 Å². The van der Waals surface area contributed by atoms with E-state index in [2.05, 4.69) is 46.9 Å². The molecule has 19 heavy (non-hydrogen) atoms. The van der Waals surface area contributed by atoms with Crippen LogP contribution in [0.1, 0.15) is 38.3 Å². The monoisotopic (exact) mass is 329 g/mol. The molecule has 2 unspecified atom stereocenters. The molecule has 0 radical (unpaired) electrons. The van der Waals surface area contributed by atoms with Gasteiger partial charge in [0.25, 0.3) is 0 Å². The fraction of sp³-hybridized carbons (Fsp3) is 0.786. The Morgan fingerprint density at radius 2 is 2.32 bits per heavy atom. The molecule has 0 amide bonds. The van der Waals surface area contributed by atoms with Crippen LogP contribution in [0, 0.1) is 5.92 Å². The largest absolute Gasteiger partial charge is 0.384 e. The molecule has 5 heteroatoms. The van der Waals surface area contributed by atoms with Crippen molar-refractivity contribution in [2.75, 3.05) is 20.6 Å². The first-order valence-corrected chi connectivity index (χ1v) is 7.84. The summed E-state index contributed by atoms with van der Waals surface area (Å²) in [5.74, 6) is 0.633. The molecule has 0 bridgehead atoms. The predicted octanol–water partition coefficient (Wildman–Crippen LogP) is 2.60. The van der Waals surface area contributed by atoms with Gasteiger partial charge < -0.3 is 10.0 Å². The van der Waals surface area contributed by atoms with Crippen molar-refractivity contribution in [3.8, 4) is 0 Å². The van der Waals surface area contributed by atoms with E-state index in [0.29, 0.717) is 5.92 Å². The Labute approximate surface area is 123 Å². The third kappa shape index (κ3) is 3.20. The molecule has 1 aromatic heterocycles.